The molecule has 0 aliphatic heterocycles. The van der Waals surface area contributed by atoms with Crippen molar-refractivity contribution in [2.75, 3.05) is 0 Å². The van der Waals surface area contributed by atoms with Crippen LogP contribution in [-0.4, -0.2) is 46.9 Å². The van der Waals surface area contributed by atoms with Gasteiger partial charge in [-0.05, 0) is 32.1 Å². The van der Waals surface area contributed by atoms with E-state index in [-0.39, 0.29) is 17.7 Å². The number of carboxylic acid groups (broad SMARTS) is 1. The molecule has 0 rings (SSSR count). The Labute approximate surface area is 149 Å². The maximum atomic E-state index is 12.3. The molecule has 8 nitrogen and oxygen atoms in total. The van der Waals surface area contributed by atoms with Gasteiger partial charge in [0.2, 0.25) is 17.7 Å². The number of hydrogen-bond acceptors (Lipinski definition) is 4. The van der Waals surface area contributed by atoms with E-state index in [1.807, 2.05) is 27.7 Å². The van der Waals surface area contributed by atoms with Crippen LogP contribution >= 0.6 is 0 Å². The fourth-order valence-electron chi connectivity index (χ4n) is 2.11. The maximum absolute atomic E-state index is 12.3. The molecule has 0 radical (unpaired) electrons. The Morgan fingerprint density at radius 2 is 1.32 bits per heavy atom. The Morgan fingerprint density at radius 3 is 1.76 bits per heavy atom. The lowest BCUT2D eigenvalue weighted by molar-refractivity contribution is -0.141. The highest BCUT2D eigenvalue weighted by Crippen LogP contribution is 2.06. The zero-order chi connectivity index (χ0) is 19.7. The zero-order valence-corrected chi connectivity index (χ0v) is 15.9. The molecular formula is C17H31N3O5. The molecule has 0 saturated heterocycles. The fourth-order valence-corrected chi connectivity index (χ4v) is 2.11. The van der Waals surface area contributed by atoms with Crippen molar-refractivity contribution in [3.8, 4) is 0 Å². The number of rotatable bonds is 10. The van der Waals surface area contributed by atoms with Gasteiger partial charge in [-0.1, -0.05) is 27.7 Å². The molecule has 3 atom stereocenters. The molecule has 0 heterocycles. The summed E-state index contributed by atoms with van der Waals surface area (Å²) in [6.45, 7) is 10.5. The average molecular weight is 357 g/mol. The Kier molecular flexibility index (Phi) is 9.78. The van der Waals surface area contributed by atoms with Crippen LogP contribution in [-0.2, 0) is 19.2 Å². The van der Waals surface area contributed by atoms with Crippen molar-refractivity contribution in [2.45, 2.75) is 72.5 Å². The summed E-state index contributed by atoms with van der Waals surface area (Å²) in [5.41, 5.74) is 0. The highest BCUT2D eigenvalue weighted by Gasteiger charge is 2.27. The van der Waals surface area contributed by atoms with Crippen molar-refractivity contribution in [3.63, 3.8) is 0 Å². The van der Waals surface area contributed by atoms with Crippen LogP contribution < -0.4 is 16.0 Å². The van der Waals surface area contributed by atoms with E-state index in [0.717, 1.165) is 0 Å². The SMILES string of the molecule is CC(C)CC(=O)N[C@@H](C)C(=O)N[C@@H](CC(C)C)C(=O)N[C@@H](C)C(=O)O. The van der Waals surface area contributed by atoms with Gasteiger partial charge in [0.1, 0.15) is 18.1 Å². The Morgan fingerprint density at radius 1 is 0.760 bits per heavy atom. The van der Waals surface area contributed by atoms with Crippen LogP contribution in [0.4, 0.5) is 0 Å². The molecule has 0 spiro atoms. The summed E-state index contributed by atoms with van der Waals surface area (Å²) in [4.78, 5) is 47.1. The van der Waals surface area contributed by atoms with E-state index < -0.39 is 35.9 Å². The van der Waals surface area contributed by atoms with E-state index in [4.69, 9.17) is 5.11 Å². The van der Waals surface area contributed by atoms with Crippen LogP contribution in [0.5, 0.6) is 0 Å². The summed E-state index contributed by atoms with van der Waals surface area (Å²) in [6.07, 6.45) is 0.667. The number of aliphatic carboxylic acids is 1. The number of nitrogens with one attached hydrogen (secondary N) is 3. The number of amides is 3. The van der Waals surface area contributed by atoms with Crippen molar-refractivity contribution < 1.29 is 24.3 Å². The molecule has 0 bridgehead atoms. The minimum absolute atomic E-state index is 0.113. The minimum atomic E-state index is -1.16. The predicted octanol–water partition coefficient (Wildman–Crippen LogP) is 0.657. The van der Waals surface area contributed by atoms with Crippen molar-refractivity contribution in [1.29, 1.82) is 0 Å². The lowest BCUT2D eigenvalue weighted by atomic mass is 10.0. The van der Waals surface area contributed by atoms with E-state index in [0.29, 0.717) is 12.8 Å². The highest BCUT2D eigenvalue weighted by molar-refractivity contribution is 5.93. The van der Waals surface area contributed by atoms with E-state index in [1.54, 1.807) is 0 Å². The van der Waals surface area contributed by atoms with Crippen LogP contribution in [0.25, 0.3) is 0 Å². The summed E-state index contributed by atoms with van der Waals surface area (Å²) < 4.78 is 0. The van der Waals surface area contributed by atoms with Crippen LogP contribution in [0.2, 0.25) is 0 Å². The second kappa shape index (κ2) is 10.7. The fraction of sp³-hybridized carbons (Fsp3) is 0.765. The summed E-state index contributed by atoms with van der Waals surface area (Å²) in [5.74, 6) is -2.15. The van der Waals surface area contributed by atoms with Crippen LogP contribution in [0.3, 0.4) is 0 Å². The molecule has 8 heteroatoms. The first-order valence-electron chi connectivity index (χ1n) is 8.56. The van der Waals surface area contributed by atoms with Crippen molar-refractivity contribution in [1.82, 2.24) is 16.0 Å². The molecule has 0 saturated carbocycles. The van der Waals surface area contributed by atoms with Gasteiger partial charge < -0.3 is 21.1 Å². The van der Waals surface area contributed by atoms with Gasteiger partial charge in [0.25, 0.3) is 0 Å². The molecule has 0 fully saturated rings. The average Bonchev–Trinajstić information content (AvgIpc) is 2.44. The monoisotopic (exact) mass is 357 g/mol. The lowest BCUT2D eigenvalue weighted by Crippen LogP contribution is -2.55. The number of carbonyl (C=O) groups excluding carboxylic acids is 3. The maximum Gasteiger partial charge on any atom is 0.325 e. The zero-order valence-electron chi connectivity index (χ0n) is 15.9. The van der Waals surface area contributed by atoms with E-state index in [1.165, 1.54) is 13.8 Å². The van der Waals surface area contributed by atoms with Gasteiger partial charge in [-0.15, -0.1) is 0 Å². The van der Waals surface area contributed by atoms with Gasteiger partial charge >= 0.3 is 5.97 Å². The number of carbonyl (C=O) groups is 4. The first-order valence-corrected chi connectivity index (χ1v) is 8.56. The molecule has 3 amide bonds. The molecule has 0 aliphatic carbocycles. The third-order valence-electron chi connectivity index (χ3n) is 3.43. The molecule has 0 aromatic rings. The molecule has 4 N–H and O–H groups in total. The van der Waals surface area contributed by atoms with Crippen molar-refractivity contribution in [2.24, 2.45) is 11.8 Å². The first-order chi connectivity index (χ1) is 11.4. The van der Waals surface area contributed by atoms with Gasteiger partial charge in [-0.2, -0.15) is 0 Å². The van der Waals surface area contributed by atoms with Gasteiger partial charge in [0.05, 0.1) is 0 Å². The van der Waals surface area contributed by atoms with Gasteiger partial charge in [0, 0.05) is 6.42 Å². The summed E-state index contributed by atoms with van der Waals surface area (Å²) >= 11 is 0. The van der Waals surface area contributed by atoms with Crippen LogP contribution in [0.1, 0.15) is 54.4 Å². The predicted molar refractivity (Wildman–Crippen MR) is 93.7 cm³/mol. The lowest BCUT2D eigenvalue weighted by Gasteiger charge is -2.23. The molecule has 144 valence electrons. The highest BCUT2D eigenvalue weighted by atomic mass is 16.4. The second-order valence-corrected chi connectivity index (χ2v) is 7.15. The van der Waals surface area contributed by atoms with E-state index in [2.05, 4.69) is 16.0 Å². The molecule has 25 heavy (non-hydrogen) atoms. The molecule has 0 unspecified atom stereocenters. The normalized spacial score (nSPS) is 14.6. The largest absolute Gasteiger partial charge is 0.480 e. The van der Waals surface area contributed by atoms with Crippen molar-refractivity contribution in [3.05, 3.63) is 0 Å². The summed E-state index contributed by atoms with van der Waals surface area (Å²) in [6, 6.07) is -2.70. The second-order valence-electron chi connectivity index (χ2n) is 7.15. The smallest absolute Gasteiger partial charge is 0.325 e. The van der Waals surface area contributed by atoms with Gasteiger partial charge in [-0.25, -0.2) is 0 Å². The third-order valence-corrected chi connectivity index (χ3v) is 3.43. The quantitative estimate of drug-likeness (QED) is 0.457. The first kappa shape index (κ1) is 22.9. The number of hydrogen-bond donors (Lipinski definition) is 4. The minimum Gasteiger partial charge on any atom is -0.480 e. The Balaban J connectivity index is 4.83. The summed E-state index contributed by atoms with van der Waals surface area (Å²) in [7, 11) is 0. The van der Waals surface area contributed by atoms with Crippen molar-refractivity contribution >= 4 is 23.7 Å². The Bertz CT molecular complexity index is 491. The van der Waals surface area contributed by atoms with Gasteiger partial charge in [-0.3, -0.25) is 19.2 Å². The Hall–Kier alpha value is -2.12. The van der Waals surface area contributed by atoms with Crippen LogP contribution in [0.15, 0.2) is 0 Å². The standard InChI is InChI=1S/C17H31N3O5/c1-9(2)7-13(16(23)19-12(6)17(24)25)20-15(22)11(5)18-14(21)8-10(3)4/h9-13H,7-8H2,1-6H3,(H,18,21)(H,19,23)(H,20,22)(H,24,25)/t11-,12-,13-/m0/s1. The van der Waals surface area contributed by atoms with Gasteiger partial charge in [0.15, 0.2) is 0 Å². The molecule has 0 aliphatic rings. The third kappa shape index (κ3) is 9.69. The molecule has 0 aromatic heterocycles. The summed E-state index contributed by atoms with van der Waals surface area (Å²) in [5, 5.41) is 16.4. The van der Waals surface area contributed by atoms with Crippen LogP contribution in [0, 0.1) is 11.8 Å². The number of carboxylic acids is 1. The molecule has 0 aromatic carbocycles. The van der Waals surface area contributed by atoms with E-state index in [9.17, 15) is 19.2 Å². The molecular weight excluding hydrogens is 326 g/mol. The van der Waals surface area contributed by atoms with E-state index >= 15 is 0 Å². The topological polar surface area (TPSA) is 125 Å².